The lowest BCUT2D eigenvalue weighted by Crippen LogP contribution is -2.26. The topological polar surface area (TPSA) is 125 Å². The molecule has 0 aliphatic heterocycles. The molecule has 96 valence electrons. The summed E-state index contributed by atoms with van der Waals surface area (Å²) in [4.78, 5) is 9.88. The molecule has 0 saturated carbocycles. The zero-order valence-corrected chi connectivity index (χ0v) is 9.72. The smallest absolute Gasteiger partial charge is 0.271 e. The highest BCUT2D eigenvalue weighted by Gasteiger charge is 2.10. The van der Waals surface area contributed by atoms with Gasteiger partial charge in [0.25, 0.3) is 5.69 Å². The molecule has 0 fully saturated rings. The first-order chi connectivity index (χ1) is 7.54. The molecule has 8 heteroatoms. The van der Waals surface area contributed by atoms with Crippen LogP contribution in [-0.4, -0.2) is 29.3 Å². The second kappa shape index (κ2) is 6.89. The molecule has 0 aliphatic carbocycles. The second-order valence-electron chi connectivity index (χ2n) is 3.18. The number of hydrogen-bond acceptors (Lipinski definition) is 6. The zero-order valence-electron chi connectivity index (χ0n) is 8.91. The Morgan fingerprint density at radius 3 is 2.65 bits per heavy atom. The fraction of sp³-hybridized carbons (Fsp3) is 0.333. The summed E-state index contributed by atoms with van der Waals surface area (Å²) in [7, 11) is 0. The van der Waals surface area contributed by atoms with E-state index in [0.717, 1.165) is 0 Å². The van der Waals surface area contributed by atoms with Crippen LogP contribution in [0.2, 0.25) is 0 Å². The minimum atomic E-state index is -0.783. The highest BCUT2D eigenvalue weighted by atomic mass is 35.5. The van der Waals surface area contributed by atoms with Gasteiger partial charge in [0.2, 0.25) is 0 Å². The van der Waals surface area contributed by atoms with Crippen molar-refractivity contribution in [1.82, 2.24) is 0 Å². The highest BCUT2D eigenvalue weighted by molar-refractivity contribution is 5.85. The van der Waals surface area contributed by atoms with Gasteiger partial charge in [-0.2, -0.15) is 0 Å². The van der Waals surface area contributed by atoms with E-state index in [0.29, 0.717) is 0 Å². The molecule has 0 radical (unpaired) electrons. The maximum atomic E-state index is 10.4. The number of nitro groups is 1. The van der Waals surface area contributed by atoms with Crippen molar-refractivity contribution in [2.45, 2.75) is 6.10 Å². The number of rotatable bonds is 5. The summed E-state index contributed by atoms with van der Waals surface area (Å²) in [5.74, 6) is 0.290. The molecule has 1 aromatic rings. The normalized spacial score (nSPS) is 11.4. The summed E-state index contributed by atoms with van der Waals surface area (Å²) in [6.45, 7) is 0.0748. The Morgan fingerprint density at radius 2 is 2.18 bits per heavy atom. The monoisotopic (exact) mass is 263 g/mol. The van der Waals surface area contributed by atoms with E-state index in [1.165, 1.54) is 18.2 Å². The Morgan fingerprint density at radius 1 is 1.53 bits per heavy atom. The Labute approximate surface area is 104 Å². The number of hydrogen-bond donors (Lipinski definition) is 3. The number of aliphatic hydroxyl groups is 1. The van der Waals surface area contributed by atoms with Gasteiger partial charge >= 0.3 is 0 Å². The standard InChI is InChI=1S/C9H13N3O4.ClH/c10-4-7(13)5-16-9-2-1-6(12(14)15)3-8(9)11;/h1-3,7,13H,4-5,10-11H2;1H. The molecule has 5 N–H and O–H groups in total. The van der Waals surface area contributed by atoms with Crippen molar-refractivity contribution in [3.05, 3.63) is 28.3 Å². The van der Waals surface area contributed by atoms with Crippen LogP contribution in [-0.2, 0) is 0 Å². The van der Waals surface area contributed by atoms with Crippen LogP contribution >= 0.6 is 12.4 Å². The van der Waals surface area contributed by atoms with Crippen LogP contribution in [0.1, 0.15) is 0 Å². The number of nitrogens with two attached hydrogens (primary N) is 2. The Bertz CT molecular complexity index is 389. The molecule has 0 saturated heterocycles. The van der Waals surface area contributed by atoms with E-state index in [1.54, 1.807) is 0 Å². The van der Waals surface area contributed by atoms with Gasteiger partial charge in [-0.05, 0) is 6.07 Å². The molecular formula is C9H14ClN3O4. The minimum absolute atomic E-state index is 0. The van der Waals surface area contributed by atoms with E-state index in [1.807, 2.05) is 0 Å². The molecule has 1 unspecified atom stereocenters. The Balaban J connectivity index is 0.00000256. The maximum Gasteiger partial charge on any atom is 0.271 e. The van der Waals surface area contributed by atoms with Gasteiger partial charge in [0.05, 0.1) is 10.6 Å². The molecule has 0 heterocycles. The van der Waals surface area contributed by atoms with Crippen molar-refractivity contribution in [3.63, 3.8) is 0 Å². The summed E-state index contributed by atoms with van der Waals surface area (Å²) >= 11 is 0. The van der Waals surface area contributed by atoms with Gasteiger partial charge in [-0.15, -0.1) is 12.4 Å². The molecular weight excluding hydrogens is 250 g/mol. The molecule has 0 aromatic heterocycles. The van der Waals surface area contributed by atoms with E-state index < -0.39 is 11.0 Å². The van der Waals surface area contributed by atoms with Crippen molar-refractivity contribution in [2.24, 2.45) is 5.73 Å². The van der Waals surface area contributed by atoms with E-state index in [4.69, 9.17) is 21.3 Å². The summed E-state index contributed by atoms with van der Waals surface area (Å²) in [6.07, 6.45) is -0.783. The molecule has 1 rings (SSSR count). The van der Waals surface area contributed by atoms with Crippen molar-refractivity contribution >= 4 is 23.8 Å². The van der Waals surface area contributed by atoms with Gasteiger partial charge in [-0.25, -0.2) is 0 Å². The average Bonchev–Trinajstić information content (AvgIpc) is 2.26. The van der Waals surface area contributed by atoms with Crippen LogP contribution < -0.4 is 16.2 Å². The summed E-state index contributed by atoms with van der Waals surface area (Å²) in [5.41, 5.74) is 10.8. The SMILES string of the molecule is Cl.NCC(O)COc1ccc([N+](=O)[O-])cc1N. The van der Waals surface area contributed by atoms with E-state index in [9.17, 15) is 10.1 Å². The third-order valence-corrected chi connectivity index (χ3v) is 1.91. The molecule has 0 amide bonds. The lowest BCUT2D eigenvalue weighted by atomic mass is 10.2. The van der Waals surface area contributed by atoms with Gasteiger partial charge in [0.15, 0.2) is 0 Å². The van der Waals surface area contributed by atoms with Crippen LogP contribution in [0.15, 0.2) is 18.2 Å². The first-order valence-corrected chi connectivity index (χ1v) is 4.59. The number of anilines is 1. The summed E-state index contributed by atoms with van der Waals surface area (Å²) in [6, 6.07) is 3.86. The molecule has 17 heavy (non-hydrogen) atoms. The number of non-ortho nitro benzene ring substituents is 1. The second-order valence-corrected chi connectivity index (χ2v) is 3.18. The fourth-order valence-corrected chi connectivity index (χ4v) is 1.03. The van der Waals surface area contributed by atoms with Gasteiger partial charge in [0.1, 0.15) is 18.5 Å². The van der Waals surface area contributed by atoms with Crippen LogP contribution in [0.3, 0.4) is 0 Å². The largest absolute Gasteiger partial charge is 0.489 e. The first kappa shape index (κ1) is 15.4. The summed E-state index contributed by atoms with van der Waals surface area (Å²) < 4.78 is 5.15. The lowest BCUT2D eigenvalue weighted by molar-refractivity contribution is -0.384. The molecule has 7 nitrogen and oxygen atoms in total. The number of nitrogen functional groups attached to an aromatic ring is 1. The average molecular weight is 264 g/mol. The van der Waals surface area contributed by atoms with Gasteiger partial charge in [0, 0.05) is 18.7 Å². The Hall–Kier alpha value is -1.57. The zero-order chi connectivity index (χ0) is 12.1. The van der Waals surface area contributed by atoms with Crippen molar-refractivity contribution in [2.75, 3.05) is 18.9 Å². The van der Waals surface area contributed by atoms with Gasteiger partial charge in [-0.3, -0.25) is 10.1 Å². The number of nitrogens with zero attached hydrogens (tertiary/aromatic N) is 1. The van der Waals surface area contributed by atoms with E-state index >= 15 is 0 Å². The number of nitro benzene ring substituents is 1. The van der Waals surface area contributed by atoms with Gasteiger partial charge < -0.3 is 21.3 Å². The van der Waals surface area contributed by atoms with Crippen LogP contribution in [0, 0.1) is 10.1 Å². The number of ether oxygens (including phenoxy) is 1. The molecule has 0 aliphatic rings. The van der Waals surface area contributed by atoms with Crippen molar-refractivity contribution < 1.29 is 14.8 Å². The predicted molar refractivity (Wildman–Crippen MR) is 65.3 cm³/mol. The van der Waals surface area contributed by atoms with Crippen molar-refractivity contribution in [3.8, 4) is 5.75 Å². The van der Waals surface area contributed by atoms with E-state index in [-0.39, 0.29) is 42.7 Å². The van der Waals surface area contributed by atoms with Crippen molar-refractivity contribution in [1.29, 1.82) is 0 Å². The molecule has 0 bridgehead atoms. The molecule has 0 spiro atoms. The quantitative estimate of drug-likeness (QED) is 0.398. The fourth-order valence-electron chi connectivity index (χ4n) is 1.03. The Kier molecular flexibility index (Phi) is 6.26. The minimum Gasteiger partial charge on any atom is -0.489 e. The van der Waals surface area contributed by atoms with Crippen LogP contribution in [0.25, 0.3) is 0 Å². The number of benzene rings is 1. The maximum absolute atomic E-state index is 10.4. The highest BCUT2D eigenvalue weighted by Crippen LogP contribution is 2.26. The molecule has 1 atom stereocenters. The van der Waals surface area contributed by atoms with Crippen LogP contribution in [0.5, 0.6) is 5.75 Å². The first-order valence-electron chi connectivity index (χ1n) is 4.59. The third kappa shape index (κ3) is 4.43. The lowest BCUT2D eigenvalue weighted by Gasteiger charge is -2.11. The van der Waals surface area contributed by atoms with Gasteiger partial charge in [-0.1, -0.05) is 0 Å². The number of aliphatic hydroxyl groups excluding tert-OH is 1. The third-order valence-electron chi connectivity index (χ3n) is 1.91. The molecule has 1 aromatic carbocycles. The summed E-state index contributed by atoms with van der Waals surface area (Å²) in [5, 5.41) is 19.6. The predicted octanol–water partition coefficient (Wildman–Crippen LogP) is 0.297. The van der Waals surface area contributed by atoms with E-state index in [2.05, 4.69) is 0 Å². The van der Waals surface area contributed by atoms with Crippen LogP contribution in [0.4, 0.5) is 11.4 Å². The number of halogens is 1.